The molecule has 0 fully saturated rings. The molecule has 0 bridgehead atoms. The molecule has 2 aromatic carbocycles. The van der Waals surface area contributed by atoms with E-state index in [9.17, 15) is 14.3 Å². The van der Waals surface area contributed by atoms with Crippen LogP contribution in [-0.4, -0.2) is 40.3 Å². The van der Waals surface area contributed by atoms with Crippen LogP contribution in [-0.2, 0) is 0 Å². The molecular formula is C23H24FN5O2. The number of hydrogen-bond acceptors (Lipinski definition) is 6. The van der Waals surface area contributed by atoms with E-state index in [1.165, 1.54) is 12.1 Å². The minimum Gasteiger partial charge on any atom is -0.394 e. The van der Waals surface area contributed by atoms with Crippen molar-refractivity contribution in [3.05, 3.63) is 65.0 Å². The summed E-state index contributed by atoms with van der Waals surface area (Å²) in [5.74, 6) is 0.0921. The lowest BCUT2D eigenvalue weighted by Gasteiger charge is -2.32. The lowest BCUT2D eigenvalue weighted by molar-refractivity contribution is 0.0949. The number of nitrogens with one attached hydrogen (secondary N) is 2. The van der Waals surface area contributed by atoms with Gasteiger partial charge in [0.2, 0.25) is 5.95 Å². The van der Waals surface area contributed by atoms with E-state index in [1.54, 1.807) is 19.9 Å². The smallest absolute Gasteiger partial charge is 0.258 e. The zero-order chi connectivity index (χ0) is 22.1. The quantitative estimate of drug-likeness (QED) is 0.584. The van der Waals surface area contributed by atoms with Crippen molar-refractivity contribution in [3.8, 4) is 11.3 Å². The zero-order valence-electron chi connectivity index (χ0n) is 17.6. The summed E-state index contributed by atoms with van der Waals surface area (Å²) in [5, 5.41) is 15.4. The molecule has 3 N–H and O–H groups in total. The third-order valence-electron chi connectivity index (χ3n) is 5.27. The van der Waals surface area contributed by atoms with Crippen LogP contribution in [0.25, 0.3) is 11.3 Å². The number of halogens is 1. The summed E-state index contributed by atoms with van der Waals surface area (Å²) < 4.78 is 13.7. The third-order valence-corrected chi connectivity index (χ3v) is 5.27. The lowest BCUT2D eigenvalue weighted by atomic mass is 9.99. The van der Waals surface area contributed by atoms with E-state index in [0.717, 1.165) is 11.3 Å². The first-order chi connectivity index (χ1) is 14.9. The lowest BCUT2D eigenvalue weighted by Crippen LogP contribution is -2.42. The maximum Gasteiger partial charge on any atom is 0.258 e. The molecule has 1 atom stereocenters. The highest BCUT2D eigenvalue weighted by Gasteiger charge is 2.31. The van der Waals surface area contributed by atoms with Crippen LogP contribution in [0.15, 0.2) is 42.5 Å². The molecule has 0 spiro atoms. The van der Waals surface area contributed by atoms with Crippen LogP contribution in [0.3, 0.4) is 0 Å². The van der Waals surface area contributed by atoms with Crippen LogP contribution in [0.2, 0.25) is 0 Å². The van der Waals surface area contributed by atoms with Crippen molar-refractivity contribution in [1.82, 2.24) is 15.3 Å². The molecule has 8 heteroatoms. The number of carbonyl (C=O) groups is 1. The van der Waals surface area contributed by atoms with Crippen molar-refractivity contribution in [2.75, 3.05) is 23.5 Å². The summed E-state index contributed by atoms with van der Waals surface area (Å²) in [6.45, 7) is 5.72. The normalized spacial score (nSPS) is 14.1. The first-order valence-electron chi connectivity index (χ1n) is 10.1. The molecule has 1 amide bonds. The molecule has 1 aliphatic heterocycles. The van der Waals surface area contributed by atoms with E-state index in [1.807, 2.05) is 36.1 Å². The summed E-state index contributed by atoms with van der Waals surface area (Å²) in [6.07, 6.45) is 0. The molecule has 1 aromatic heterocycles. The van der Waals surface area contributed by atoms with Crippen molar-refractivity contribution >= 4 is 23.4 Å². The van der Waals surface area contributed by atoms with Gasteiger partial charge in [-0.2, -0.15) is 4.98 Å². The molecule has 0 saturated carbocycles. The topological polar surface area (TPSA) is 90.4 Å². The SMILES string of the molecule is Cc1cc(F)ccc1-c1nc(N[C@H](C)CO)nc2c1C(=O)NCN2c1ccccc1C. The Kier molecular flexibility index (Phi) is 5.56. The fourth-order valence-corrected chi connectivity index (χ4v) is 3.65. The average Bonchev–Trinajstić information content (AvgIpc) is 2.74. The van der Waals surface area contributed by atoms with Crippen LogP contribution in [0.5, 0.6) is 0 Å². The second-order valence-corrected chi connectivity index (χ2v) is 7.66. The molecule has 0 radical (unpaired) electrons. The first-order valence-corrected chi connectivity index (χ1v) is 10.1. The Bertz CT molecular complexity index is 1150. The third kappa shape index (κ3) is 3.94. The summed E-state index contributed by atoms with van der Waals surface area (Å²) in [7, 11) is 0. The van der Waals surface area contributed by atoms with Gasteiger partial charge in [0.15, 0.2) is 5.82 Å². The van der Waals surface area contributed by atoms with Gasteiger partial charge in [0.1, 0.15) is 11.4 Å². The van der Waals surface area contributed by atoms with Gasteiger partial charge in [-0.05, 0) is 56.2 Å². The molecule has 0 saturated heterocycles. The highest BCUT2D eigenvalue weighted by atomic mass is 19.1. The number of aryl methyl sites for hydroxylation is 2. The van der Waals surface area contributed by atoms with E-state index < -0.39 is 0 Å². The number of amides is 1. The van der Waals surface area contributed by atoms with Crippen molar-refractivity contribution < 1.29 is 14.3 Å². The van der Waals surface area contributed by atoms with Gasteiger partial charge < -0.3 is 20.6 Å². The van der Waals surface area contributed by atoms with E-state index in [-0.39, 0.29) is 37.0 Å². The van der Waals surface area contributed by atoms with Crippen LogP contribution >= 0.6 is 0 Å². The molecule has 31 heavy (non-hydrogen) atoms. The highest BCUT2D eigenvalue weighted by Crippen LogP contribution is 2.37. The summed E-state index contributed by atoms with van der Waals surface area (Å²) in [5.41, 5.74) is 3.97. The molecule has 0 aliphatic carbocycles. The van der Waals surface area contributed by atoms with E-state index in [4.69, 9.17) is 0 Å². The number of anilines is 3. The molecule has 7 nitrogen and oxygen atoms in total. The number of hydrogen-bond donors (Lipinski definition) is 3. The number of benzene rings is 2. The van der Waals surface area contributed by atoms with Crippen molar-refractivity contribution in [1.29, 1.82) is 0 Å². The molecule has 0 unspecified atom stereocenters. The van der Waals surface area contributed by atoms with Gasteiger partial charge in [0.05, 0.1) is 19.0 Å². The molecule has 160 valence electrons. The number of aliphatic hydroxyl groups is 1. The molecule has 3 aromatic rings. The summed E-state index contributed by atoms with van der Waals surface area (Å²) >= 11 is 0. The Labute approximate surface area is 180 Å². The Morgan fingerprint density at radius 3 is 2.68 bits per heavy atom. The average molecular weight is 421 g/mol. The second kappa shape index (κ2) is 8.31. The minimum atomic E-state index is -0.359. The Morgan fingerprint density at radius 2 is 1.97 bits per heavy atom. The molecular weight excluding hydrogens is 397 g/mol. The summed E-state index contributed by atoms with van der Waals surface area (Å²) in [4.78, 5) is 24.1. The summed E-state index contributed by atoms with van der Waals surface area (Å²) in [6, 6.07) is 11.9. The highest BCUT2D eigenvalue weighted by molar-refractivity contribution is 6.07. The van der Waals surface area contributed by atoms with Gasteiger partial charge in [0, 0.05) is 17.3 Å². The number of nitrogens with zero attached hydrogens (tertiary/aromatic N) is 3. The Balaban J connectivity index is 1.97. The van der Waals surface area contributed by atoms with Crippen LogP contribution in [0.1, 0.15) is 28.4 Å². The van der Waals surface area contributed by atoms with Crippen LogP contribution < -0.4 is 15.5 Å². The monoisotopic (exact) mass is 421 g/mol. The van der Waals surface area contributed by atoms with E-state index in [2.05, 4.69) is 20.6 Å². The Hall–Kier alpha value is -3.52. The molecule has 2 heterocycles. The number of fused-ring (bicyclic) bond motifs is 1. The minimum absolute atomic E-state index is 0.104. The standard InChI is InChI=1S/C23H24FN5O2/c1-13-6-4-5-7-18(13)29-12-25-22(31)19-20(17-9-8-16(24)10-14(17)2)27-23(28-21(19)29)26-15(3)11-30/h4-10,15,30H,11-12H2,1-3H3,(H,25,31)(H,26,27,28)/t15-/m1/s1. The molecule has 1 aliphatic rings. The van der Waals surface area contributed by atoms with Gasteiger partial charge >= 0.3 is 0 Å². The van der Waals surface area contributed by atoms with Gasteiger partial charge in [-0.1, -0.05) is 18.2 Å². The van der Waals surface area contributed by atoms with Crippen LogP contribution in [0.4, 0.5) is 21.8 Å². The fraction of sp³-hybridized carbons (Fsp3) is 0.261. The predicted molar refractivity (Wildman–Crippen MR) is 118 cm³/mol. The van der Waals surface area contributed by atoms with Crippen LogP contribution in [0, 0.1) is 19.7 Å². The Morgan fingerprint density at radius 1 is 1.19 bits per heavy atom. The maximum atomic E-state index is 13.7. The molecule has 4 rings (SSSR count). The van der Waals surface area contributed by atoms with Crippen molar-refractivity contribution in [2.24, 2.45) is 0 Å². The zero-order valence-corrected chi connectivity index (χ0v) is 17.6. The predicted octanol–water partition coefficient (Wildman–Crippen LogP) is 3.53. The van der Waals surface area contributed by atoms with Crippen molar-refractivity contribution in [3.63, 3.8) is 0 Å². The van der Waals surface area contributed by atoms with Gasteiger partial charge in [-0.3, -0.25) is 4.79 Å². The number of rotatable bonds is 5. The fourth-order valence-electron chi connectivity index (χ4n) is 3.65. The number of carbonyl (C=O) groups excluding carboxylic acids is 1. The van der Waals surface area contributed by atoms with Gasteiger partial charge in [-0.25, -0.2) is 9.37 Å². The van der Waals surface area contributed by atoms with Gasteiger partial charge in [-0.15, -0.1) is 0 Å². The van der Waals surface area contributed by atoms with Crippen molar-refractivity contribution in [2.45, 2.75) is 26.8 Å². The first kappa shape index (κ1) is 20.7. The number of para-hydroxylation sites is 1. The number of aliphatic hydroxyl groups excluding tert-OH is 1. The maximum absolute atomic E-state index is 13.7. The second-order valence-electron chi connectivity index (χ2n) is 7.66. The van der Waals surface area contributed by atoms with E-state index in [0.29, 0.717) is 28.2 Å². The van der Waals surface area contributed by atoms with E-state index >= 15 is 0 Å². The number of aromatic nitrogens is 2. The largest absolute Gasteiger partial charge is 0.394 e. The van der Waals surface area contributed by atoms with Gasteiger partial charge in [0.25, 0.3) is 5.91 Å².